The van der Waals surface area contributed by atoms with E-state index in [9.17, 15) is 0 Å². The zero-order valence-corrected chi connectivity index (χ0v) is 11.9. The topological polar surface area (TPSA) is 19.4 Å². The Morgan fingerprint density at radius 3 is 2.59 bits per heavy atom. The molecule has 1 aliphatic rings. The van der Waals surface area contributed by atoms with Crippen LogP contribution >= 0.6 is 22.9 Å². The van der Waals surface area contributed by atoms with E-state index >= 15 is 0 Å². The molecular weight excluding hydrogens is 254 g/mol. The van der Waals surface area contributed by atoms with Crippen LogP contribution in [0, 0.1) is 0 Å². The lowest BCUT2D eigenvalue weighted by Crippen LogP contribution is -2.45. The van der Waals surface area contributed by atoms with Gasteiger partial charge in [-0.3, -0.25) is 4.90 Å². The quantitative estimate of drug-likeness (QED) is 0.768. The fourth-order valence-electron chi connectivity index (χ4n) is 2.16. The molecule has 0 N–H and O–H groups in total. The third-order valence-electron chi connectivity index (χ3n) is 3.10. The maximum atomic E-state index is 5.76. The molecule has 2 heterocycles. The second-order valence-electron chi connectivity index (χ2n) is 4.48. The summed E-state index contributed by atoms with van der Waals surface area (Å²) in [4.78, 5) is 9.54. The van der Waals surface area contributed by atoms with Crippen LogP contribution in [0.25, 0.3) is 0 Å². The second kappa shape index (κ2) is 6.69. The predicted octanol–water partition coefficient (Wildman–Crippen LogP) is 2.41. The number of hydrogen-bond donors (Lipinski definition) is 0. The maximum Gasteiger partial charge on any atom is 0.107 e. The van der Waals surface area contributed by atoms with Crippen molar-refractivity contribution in [3.05, 3.63) is 16.1 Å². The van der Waals surface area contributed by atoms with Crippen molar-refractivity contribution in [3.63, 3.8) is 0 Å². The van der Waals surface area contributed by atoms with Gasteiger partial charge in [-0.25, -0.2) is 4.98 Å². The highest BCUT2D eigenvalue weighted by Gasteiger charge is 2.17. The van der Waals surface area contributed by atoms with Gasteiger partial charge in [0.1, 0.15) is 5.01 Å². The van der Waals surface area contributed by atoms with Gasteiger partial charge in [0, 0.05) is 31.6 Å². The lowest BCUT2D eigenvalue weighted by Gasteiger charge is -2.33. The summed E-state index contributed by atoms with van der Waals surface area (Å²) in [5.41, 5.74) is 1.01. The Labute approximate surface area is 112 Å². The van der Waals surface area contributed by atoms with E-state index < -0.39 is 0 Å². The van der Waals surface area contributed by atoms with E-state index in [2.05, 4.69) is 27.1 Å². The van der Waals surface area contributed by atoms with Crippen LogP contribution in [-0.4, -0.2) is 47.5 Å². The molecule has 1 aliphatic heterocycles. The zero-order chi connectivity index (χ0) is 12.1. The molecule has 0 atom stereocenters. The van der Waals surface area contributed by atoms with E-state index in [0.717, 1.165) is 25.3 Å². The summed E-state index contributed by atoms with van der Waals surface area (Å²) < 4.78 is 0. The van der Waals surface area contributed by atoms with Gasteiger partial charge < -0.3 is 4.90 Å². The molecule has 96 valence electrons. The molecule has 0 bridgehead atoms. The number of aromatic nitrogens is 1. The molecule has 1 aromatic rings. The molecule has 0 unspecified atom stereocenters. The zero-order valence-electron chi connectivity index (χ0n) is 10.4. The fourth-order valence-corrected chi connectivity index (χ4v) is 3.23. The van der Waals surface area contributed by atoms with E-state index in [4.69, 9.17) is 11.6 Å². The number of piperazine rings is 1. The standard InChI is InChI=1S/C12H20ClN3S/c1-2-3-15-4-6-16(7-5-15)9-12-14-11(8-13)10-17-12/h10H,2-9H2,1H3. The summed E-state index contributed by atoms with van der Waals surface area (Å²) in [5.74, 6) is 0.529. The molecule has 3 nitrogen and oxygen atoms in total. The van der Waals surface area contributed by atoms with Gasteiger partial charge >= 0.3 is 0 Å². The molecule has 1 fully saturated rings. The number of rotatable bonds is 5. The monoisotopic (exact) mass is 273 g/mol. The molecule has 0 amide bonds. The molecule has 1 aromatic heterocycles. The molecular formula is C12H20ClN3S. The molecule has 0 aliphatic carbocycles. The van der Waals surface area contributed by atoms with Crippen LogP contribution < -0.4 is 0 Å². The number of thiazole rings is 1. The molecule has 0 spiro atoms. The van der Waals surface area contributed by atoms with Crippen molar-refractivity contribution < 1.29 is 0 Å². The first kappa shape index (κ1) is 13.3. The van der Waals surface area contributed by atoms with Gasteiger partial charge in [0.25, 0.3) is 0 Å². The highest BCUT2D eigenvalue weighted by atomic mass is 35.5. The van der Waals surface area contributed by atoms with E-state index in [0.29, 0.717) is 5.88 Å². The van der Waals surface area contributed by atoms with Gasteiger partial charge in [0.2, 0.25) is 0 Å². The highest BCUT2D eigenvalue weighted by Crippen LogP contribution is 2.15. The van der Waals surface area contributed by atoms with Crippen molar-refractivity contribution in [3.8, 4) is 0 Å². The smallest absolute Gasteiger partial charge is 0.107 e. The Morgan fingerprint density at radius 1 is 1.29 bits per heavy atom. The minimum atomic E-state index is 0.529. The number of alkyl halides is 1. The summed E-state index contributed by atoms with van der Waals surface area (Å²) in [6.45, 7) is 9.19. The lowest BCUT2D eigenvalue weighted by molar-refractivity contribution is 0.127. The van der Waals surface area contributed by atoms with Gasteiger partial charge in [-0.1, -0.05) is 6.92 Å². The van der Waals surface area contributed by atoms with E-state index in [1.165, 1.54) is 31.1 Å². The van der Waals surface area contributed by atoms with Gasteiger partial charge in [-0.2, -0.15) is 0 Å². The average Bonchev–Trinajstić information content (AvgIpc) is 2.80. The normalized spacial score (nSPS) is 18.7. The highest BCUT2D eigenvalue weighted by molar-refractivity contribution is 7.09. The first-order valence-electron chi connectivity index (χ1n) is 6.25. The second-order valence-corrected chi connectivity index (χ2v) is 5.69. The van der Waals surface area contributed by atoms with Crippen LogP contribution in [0.5, 0.6) is 0 Å². The van der Waals surface area contributed by atoms with Crippen molar-refractivity contribution >= 4 is 22.9 Å². The maximum absolute atomic E-state index is 5.76. The Hall–Kier alpha value is -0.160. The number of halogens is 1. The van der Waals surface area contributed by atoms with Gasteiger partial charge in [0.05, 0.1) is 18.1 Å². The third kappa shape index (κ3) is 3.91. The largest absolute Gasteiger partial charge is 0.301 e. The number of hydrogen-bond acceptors (Lipinski definition) is 4. The Balaban J connectivity index is 1.77. The van der Waals surface area contributed by atoms with Crippen molar-refractivity contribution in [2.24, 2.45) is 0 Å². The van der Waals surface area contributed by atoms with Crippen LogP contribution in [-0.2, 0) is 12.4 Å². The molecule has 1 saturated heterocycles. The SMILES string of the molecule is CCCN1CCN(Cc2nc(CCl)cs2)CC1. The Kier molecular flexibility index (Phi) is 5.22. The van der Waals surface area contributed by atoms with Crippen molar-refractivity contribution in [2.45, 2.75) is 25.8 Å². The number of nitrogens with zero attached hydrogens (tertiary/aromatic N) is 3. The van der Waals surface area contributed by atoms with E-state index in [-0.39, 0.29) is 0 Å². The average molecular weight is 274 g/mol. The van der Waals surface area contributed by atoms with Crippen molar-refractivity contribution in [1.82, 2.24) is 14.8 Å². The first-order valence-corrected chi connectivity index (χ1v) is 7.67. The van der Waals surface area contributed by atoms with Crippen LogP contribution in [0.2, 0.25) is 0 Å². The molecule has 17 heavy (non-hydrogen) atoms. The Morgan fingerprint density at radius 2 is 2.00 bits per heavy atom. The molecule has 0 saturated carbocycles. The van der Waals surface area contributed by atoms with E-state index in [1.54, 1.807) is 11.3 Å². The molecule has 5 heteroatoms. The van der Waals surface area contributed by atoms with Gasteiger partial charge in [0.15, 0.2) is 0 Å². The molecule has 0 aromatic carbocycles. The van der Waals surface area contributed by atoms with Gasteiger partial charge in [-0.05, 0) is 13.0 Å². The van der Waals surface area contributed by atoms with Crippen LogP contribution in [0.15, 0.2) is 5.38 Å². The summed E-state index contributed by atoms with van der Waals surface area (Å²) >= 11 is 7.49. The van der Waals surface area contributed by atoms with Crippen molar-refractivity contribution in [2.75, 3.05) is 32.7 Å². The predicted molar refractivity (Wildman–Crippen MR) is 73.7 cm³/mol. The summed E-state index contributed by atoms with van der Waals surface area (Å²) in [5, 5.41) is 3.26. The van der Waals surface area contributed by atoms with E-state index in [1.807, 2.05) is 0 Å². The summed E-state index contributed by atoms with van der Waals surface area (Å²) in [7, 11) is 0. The molecule has 0 radical (unpaired) electrons. The van der Waals surface area contributed by atoms with Crippen LogP contribution in [0.4, 0.5) is 0 Å². The minimum Gasteiger partial charge on any atom is -0.301 e. The van der Waals surface area contributed by atoms with Crippen LogP contribution in [0.1, 0.15) is 24.0 Å². The fraction of sp³-hybridized carbons (Fsp3) is 0.750. The summed E-state index contributed by atoms with van der Waals surface area (Å²) in [6.07, 6.45) is 1.26. The van der Waals surface area contributed by atoms with Crippen LogP contribution in [0.3, 0.4) is 0 Å². The minimum absolute atomic E-state index is 0.529. The van der Waals surface area contributed by atoms with Crippen molar-refractivity contribution in [1.29, 1.82) is 0 Å². The first-order chi connectivity index (χ1) is 8.31. The third-order valence-corrected chi connectivity index (χ3v) is 4.26. The lowest BCUT2D eigenvalue weighted by atomic mass is 10.3. The van der Waals surface area contributed by atoms with Gasteiger partial charge in [-0.15, -0.1) is 22.9 Å². The molecule has 2 rings (SSSR count). The Bertz CT molecular complexity index is 334. The summed E-state index contributed by atoms with van der Waals surface area (Å²) in [6, 6.07) is 0.